The van der Waals surface area contributed by atoms with E-state index in [1.165, 1.54) is 7.11 Å². The molecule has 0 spiro atoms. The molecule has 0 unspecified atom stereocenters. The normalized spacial score (nSPS) is 28.2. The average molecular weight is 298 g/mol. The highest BCUT2D eigenvalue weighted by molar-refractivity contribution is 5.86. The second-order valence-electron chi connectivity index (χ2n) is 6.08. The molecule has 21 heavy (non-hydrogen) atoms. The molecule has 0 aromatic heterocycles. The summed E-state index contributed by atoms with van der Waals surface area (Å²) in [6, 6.07) is -0.0482. The van der Waals surface area contributed by atoms with Crippen LogP contribution in [-0.4, -0.2) is 55.3 Å². The van der Waals surface area contributed by atoms with Crippen LogP contribution in [0.2, 0.25) is 0 Å². The number of hydrogen-bond donors (Lipinski definition) is 1. The van der Waals surface area contributed by atoms with Crippen molar-refractivity contribution in [2.45, 2.75) is 57.7 Å². The van der Waals surface area contributed by atoms with E-state index in [9.17, 15) is 9.59 Å². The van der Waals surface area contributed by atoms with Crippen LogP contribution in [-0.2, 0) is 14.3 Å². The standard InChI is InChI=1S/C15H26N2O4/c1-10-4-5-11(2)17(10)14(18)13(16-15(19)20-3)12-6-8-21-9-7-12/h10-13H,4-9H2,1-3H3,(H,16,19)/t10-,11+,13-/m0/s1. The highest BCUT2D eigenvalue weighted by Gasteiger charge is 2.39. The molecule has 2 saturated heterocycles. The first-order valence-electron chi connectivity index (χ1n) is 7.79. The molecule has 0 saturated carbocycles. The summed E-state index contributed by atoms with van der Waals surface area (Å²) >= 11 is 0. The van der Waals surface area contributed by atoms with E-state index in [0.717, 1.165) is 25.7 Å². The largest absolute Gasteiger partial charge is 0.453 e. The Hall–Kier alpha value is -1.30. The van der Waals surface area contributed by atoms with Crippen molar-refractivity contribution in [1.82, 2.24) is 10.2 Å². The van der Waals surface area contributed by atoms with Gasteiger partial charge in [-0.1, -0.05) is 0 Å². The Balaban J connectivity index is 2.12. The average Bonchev–Trinajstić information content (AvgIpc) is 2.83. The van der Waals surface area contributed by atoms with Gasteiger partial charge in [0, 0.05) is 25.3 Å². The van der Waals surface area contributed by atoms with Crippen molar-refractivity contribution in [3.8, 4) is 0 Å². The first kappa shape index (κ1) is 16.1. The molecule has 2 aliphatic rings. The number of amides is 2. The minimum absolute atomic E-state index is 0.0183. The lowest BCUT2D eigenvalue weighted by Crippen LogP contribution is -2.55. The number of nitrogens with one attached hydrogen (secondary N) is 1. The van der Waals surface area contributed by atoms with E-state index in [-0.39, 0.29) is 23.9 Å². The van der Waals surface area contributed by atoms with E-state index in [4.69, 9.17) is 4.74 Å². The molecule has 1 N–H and O–H groups in total. The molecule has 2 aliphatic heterocycles. The summed E-state index contributed by atoms with van der Waals surface area (Å²) < 4.78 is 10.0. The lowest BCUT2D eigenvalue weighted by atomic mass is 9.90. The van der Waals surface area contributed by atoms with Gasteiger partial charge in [0.25, 0.3) is 0 Å². The number of carbonyl (C=O) groups is 2. The monoisotopic (exact) mass is 298 g/mol. The smallest absolute Gasteiger partial charge is 0.407 e. The number of carbonyl (C=O) groups excluding carboxylic acids is 2. The van der Waals surface area contributed by atoms with Crippen LogP contribution in [0.1, 0.15) is 39.5 Å². The van der Waals surface area contributed by atoms with Gasteiger partial charge >= 0.3 is 6.09 Å². The third-order valence-corrected chi connectivity index (χ3v) is 4.67. The van der Waals surface area contributed by atoms with Gasteiger partial charge in [0.15, 0.2) is 0 Å². The molecular weight excluding hydrogens is 272 g/mol. The molecule has 120 valence electrons. The quantitative estimate of drug-likeness (QED) is 0.858. The zero-order valence-corrected chi connectivity index (χ0v) is 13.1. The van der Waals surface area contributed by atoms with Crippen LogP contribution in [0.15, 0.2) is 0 Å². The van der Waals surface area contributed by atoms with Crippen molar-refractivity contribution >= 4 is 12.0 Å². The fourth-order valence-electron chi connectivity index (χ4n) is 3.41. The minimum atomic E-state index is -0.542. The molecule has 3 atom stereocenters. The van der Waals surface area contributed by atoms with Crippen LogP contribution < -0.4 is 5.32 Å². The van der Waals surface area contributed by atoms with E-state index < -0.39 is 12.1 Å². The number of alkyl carbamates (subject to hydrolysis) is 1. The van der Waals surface area contributed by atoms with Gasteiger partial charge in [0.2, 0.25) is 5.91 Å². The summed E-state index contributed by atoms with van der Waals surface area (Å²) in [5.41, 5.74) is 0. The topological polar surface area (TPSA) is 67.9 Å². The summed E-state index contributed by atoms with van der Waals surface area (Å²) in [6.45, 7) is 5.42. The summed E-state index contributed by atoms with van der Waals surface area (Å²) in [5.74, 6) is 0.134. The van der Waals surface area contributed by atoms with Gasteiger partial charge in [0.1, 0.15) is 6.04 Å². The number of hydrogen-bond acceptors (Lipinski definition) is 4. The van der Waals surface area contributed by atoms with E-state index in [1.807, 2.05) is 4.90 Å². The molecule has 0 aromatic carbocycles. The van der Waals surface area contributed by atoms with Crippen molar-refractivity contribution < 1.29 is 19.1 Å². The lowest BCUT2D eigenvalue weighted by Gasteiger charge is -2.35. The molecule has 2 amide bonds. The third-order valence-electron chi connectivity index (χ3n) is 4.67. The van der Waals surface area contributed by atoms with Crippen molar-refractivity contribution in [1.29, 1.82) is 0 Å². The minimum Gasteiger partial charge on any atom is -0.453 e. The lowest BCUT2D eigenvalue weighted by molar-refractivity contribution is -0.138. The molecule has 2 fully saturated rings. The molecule has 6 nitrogen and oxygen atoms in total. The predicted molar refractivity (Wildman–Crippen MR) is 77.9 cm³/mol. The van der Waals surface area contributed by atoms with Gasteiger partial charge in [-0.05, 0) is 45.4 Å². The van der Waals surface area contributed by atoms with Crippen molar-refractivity contribution in [3.63, 3.8) is 0 Å². The van der Waals surface area contributed by atoms with E-state index in [2.05, 4.69) is 23.9 Å². The Bertz CT molecular complexity index is 372. The Morgan fingerprint density at radius 3 is 2.24 bits per heavy atom. The first-order chi connectivity index (χ1) is 10.0. The number of likely N-dealkylation sites (tertiary alicyclic amines) is 1. The van der Waals surface area contributed by atoms with Crippen LogP contribution in [0.5, 0.6) is 0 Å². The van der Waals surface area contributed by atoms with Crippen molar-refractivity contribution in [3.05, 3.63) is 0 Å². The van der Waals surface area contributed by atoms with Crippen LogP contribution in [0.3, 0.4) is 0 Å². The molecule has 0 radical (unpaired) electrons. The molecular formula is C15H26N2O4. The van der Waals surface area contributed by atoms with Gasteiger partial charge < -0.3 is 19.7 Å². The molecule has 2 rings (SSSR count). The molecule has 0 aromatic rings. The fraction of sp³-hybridized carbons (Fsp3) is 0.867. The summed E-state index contributed by atoms with van der Waals surface area (Å²) in [7, 11) is 1.32. The number of nitrogens with zero attached hydrogens (tertiary/aromatic N) is 1. The third kappa shape index (κ3) is 3.67. The maximum atomic E-state index is 12.9. The van der Waals surface area contributed by atoms with E-state index >= 15 is 0 Å². The van der Waals surface area contributed by atoms with Crippen LogP contribution in [0.25, 0.3) is 0 Å². The number of rotatable bonds is 3. The zero-order valence-electron chi connectivity index (χ0n) is 13.1. The maximum Gasteiger partial charge on any atom is 0.407 e. The SMILES string of the molecule is COC(=O)N[C@H](C(=O)N1[C@H](C)CC[C@@H]1C)C1CCOCC1. The van der Waals surface area contributed by atoms with Crippen LogP contribution in [0.4, 0.5) is 4.79 Å². The Labute approximate surface area is 126 Å². The van der Waals surface area contributed by atoms with Gasteiger partial charge in [-0.15, -0.1) is 0 Å². The van der Waals surface area contributed by atoms with E-state index in [0.29, 0.717) is 13.2 Å². The summed E-state index contributed by atoms with van der Waals surface area (Å²) in [4.78, 5) is 26.5. The Morgan fingerprint density at radius 2 is 1.71 bits per heavy atom. The summed E-state index contributed by atoms with van der Waals surface area (Å²) in [5, 5.41) is 2.75. The molecule has 6 heteroatoms. The van der Waals surface area contributed by atoms with Gasteiger partial charge in [-0.3, -0.25) is 4.79 Å². The second kappa shape index (κ2) is 7.11. The highest BCUT2D eigenvalue weighted by atomic mass is 16.5. The fourth-order valence-corrected chi connectivity index (χ4v) is 3.41. The Kier molecular flexibility index (Phi) is 5.45. The van der Waals surface area contributed by atoms with Gasteiger partial charge in [-0.25, -0.2) is 4.79 Å². The maximum absolute atomic E-state index is 12.9. The number of ether oxygens (including phenoxy) is 2. The highest BCUT2D eigenvalue weighted by Crippen LogP contribution is 2.28. The molecule has 0 bridgehead atoms. The van der Waals surface area contributed by atoms with Crippen molar-refractivity contribution in [2.75, 3.05) is 20.3 Å². The zero-order chi connectivity index (χ0) is 15.4. The predicted octanol–water partition coefficient (Wildman–Crippen LogP) is 1.54. The van der Waals surface area contributed by atoms with Gasteiger partial charge in [-0.2, -0.15) is 0 Å². The van der Waals surface area contributed by atoms with E-state index in [1.54, 1.807) is 0 Å². The summed E-state index contributed by atoms with van der Waals surface area (Å²) in [6.07, 6.45) is 3.07. The second-order valence-corrected chi connectivity index (χ2v) is 6.08. The Morgan fingerprint density at radius 1 is 1.14 bits per heavy atom. The van der Waals surface area contributed by atoms with Crippen LogP contribution in [0, 0.1) is 5.92 Å². The molecule has 0 aliphatic carbocycles. The van der Waals surface area contributed by atoms with Crippen LogP contribution >= 0.6 is 0 Å². The number of methoxy groups -OCH3 is 1. The van der Waals surface area contributed by atoms with Gasteiger partial charge in [0.05, 0.1) is 7.11 Å². The van der Waals surface area contributed by atoms with Crippen molar-refractivity contribution in [2.24, 2.45) is 5.92 Å². The molecule has 2 heterocycles. The first-order valence-corrected chi connectivity index (χ1v) is 7.79.